The maximum absolute atomic E-state index is 12.4. The lowest BCUT2D eigenvalue weighted by molar-refractivity contribution is -0.135. The quantitative estimate of drug-likeness (QED) is 0.764. The maximum Gasteiger partial charge on any atom is 0.318 e. The van der Waals surface area contributed by atoms with Crippen LogP contribution in [0.3, 0.4) is 0 Å². The number of rotatable bonds is 5. The number of hydrogen-bond acceptors (Lipinski definition) is 4. The third-order valence-electron chi connectivity index (χ3n) is 4.48. The lowest BCUT2D eigenvalue weighted by atomic mass is 9.85. The SMILES string of the molecule is CN1Cc2c(Cl)cc(Cl)cc2C(c2cccc(S(=O)(=O)NCC(=O)O)c2)C1. The van der Waals surface area contributed by atoms with E-state index in [2.05, 4.69) is 9.62 Å². The zero-order valence-electron chi connectivity index (χ0n) is 14.4. The fourth-order valence-corrected chi connectivity index (χ4v) is 4.87. The van der Waals surface area contributed by atoms with Crippen LogP contribution < -0.4 is 4.72 Å². The third kappa shape index (κ3) is 4.44. The minimum absolute atomic E-state index is 0.0177. The van der Waals surface area contributed by atoms with Gasteiger partial charge < -0.3 is 10.0 Å². The Labute approximate surface area is 167 Å². The van der Waals surface area contributed by atoms with Crippen molar-refractivity contribution in [2.75, 3.05) is 20.1 Å². The summed E-state index contributed by atoms with van der Waals surface area (Å²) in [6.07, 6.45) is 0. The first-order valence-electron chi connectivity index (χ1n) is 8.15. The molecule has 0 saturated heterocycles. The van der Waals surface area contributed by atoms with Crippen molar-refractivity contribution in [2.45, 2.75) is 17.4 Å². The number of carbonyl (C=O) groups is 1. The van der Waals surface area contributed by atoms with Crippen LogP contribution >= 0.6 is 23.2 Å². The van der Waals surface area contributed by atoms with E-state index in [4.69, 9.17) is 28.3 Å². The fraction of sp³-hybridized carbons (Fsp3) is 0.278. The number of fused-ring (bicyclic) bond motifs is 1. The van der Waals surface area contributed by atoms with Crippen LogP contribution in [-0.2, 0) is 21.4 Å². The molecule has 2 N–H and O–H groups in total. The fourth-order valence-electron chi connectivity index (χ4n) is 3.27. The van der Waals surface area contributed by atoms with Gasteiger partial charge in [0.05, 0.1) is 4.90 Å². The first kappa shape index (κ1) is 20.1. The average Bonchev–Trinajstić information content (AvgIpc) is 2.60. The minimum atomic E-state index is -3.92. The van der Waals surface area contributed by atoms with Gasteiger partial charge in [0.1, 0.15) is 6.54 Å². The van der Waals surface area contributed by atoms with Gasteiger partial charge in [-0.3, -0.25) is 4.79 Å². The number of likely N-dealkylation sites (N-methyl/N-ethyl adjacent to an activating group) is 1. The molecule has 9 heteroatoms. The summed E-state index contributed by atoms with van der Waals surface area (Å²) in [5.41, 5.74) is 2.73. The van der Waals surface area contributed by atoms with Gasteiger partial charge in [-0.05, 0) is 48.0 Å². The van der Waals surface area contributed by atoms with Crippen LogP contribution in [0, 0.1) is 0 Å². The summed E-state index contributed by atoms with van der Waals surface area (Å²) in [4.78, 5) is 12.8. The number of carboxylic acid groups (broad SMARTS) is 1. The number of aliphatic carboxylic acids is 1. The molecule has 27 heavy (non-hydrogen) atoms. The Morgan fingerprint density at radius 2 is 2.04 bits per heavy atom. The predicted octanol–water partition coefficient (Wildman–Crippen LogP) is 2.93. The van der Waals surface area contributed by atoms with E-state index in [1.54, 1.807) is 18.2 Å². The molecular weight excluding hydrogens is 411 g/mol. The molecule has 0 fully saturated rings. The van der Waals surface area contributed by atoms with Gasteiger partial charge in [0.25, 0.3) is 0 Å². The molecule has 0 saturated carbocycles. The molecule has 1 atom stereocenters. The van der Waals surface area contributed by atoms with Gasteiger partial charge in [0, 0.05) is 29.1 Å². The van der Waals surface area contributed by atoms with Crippen molar-refractivity contribution < 1.29 is 18.3 Å². The van der Waals surface area contributed by atoms with Crippen LogP contribution in [0.1, 0.15) is 22.6 Å². The monoisotopic (exact) mass is 428 g/mol. The molecule has 3 rings (SSSR count). The van der Waals surface area contributed by atoms with Crippen molar-refractivity contribution in [1.29, 1.82) is 0 Å². The first-order valence-corrected chi connectivity index (χ1v) is 10.4. The highest BCUT2D eigenvalue weighted by molar-refractivity contribution is 7.89. The summed E-state index contributed by atoms with van der Waals surface area (Å²) in [5, 5.41) is 9.83. The molecule has 1 heterocycles. The topological polar surface area (TPSA) is 86.7 Å². The first-order chi connectivity index (χ1) is 12.7. The summed E-state index contributed by atoms with van der Waals surface area (Å²) in [5.74, 6) is -1.36. The molecule has 0 aromatic heterocycles. The number of hydrogen-bond donors (Lipinski definition) is 2. The van der Waals surface area contributed by atoms with E-state index in [1.807, 2.05) is 19.2 Å². The molecule has 0 amide bonds. The van der Waals surface area contributed by atoms with Crippen LogP contribution in [0.5, 0.6) is 0 Å². The molecule has 2 aromatic carbocycles. The Morgan fingerprint density at radius 1 is 1.30 bits per heavy atom. The molecule has 1 unspecified atom stereocenters. The average molecular weight is 429 g/mol. The van der Waals surface area contributed by atoms with Crippen LogP contribution in [-0.4, -0.2) is 44.5 Å². The van der Waals surface area contributed by atoms with Gasteiger partial charge in [0.2, 0.25) is 10.0 Å². The molecule has 144 valence electrons. The smallest absolute Gasteiger partial charge is 0.318 e. The highest BCUT2D eigenvalue weighted by atomic mass is 35.5. The van der Waals surface area contributed by atoms with Crippen molar-refractivity contribution in [3.05, 3.63) is 63.1 Å². The van der Waals surface area contributed by atoms with Crippen LogP contribution in [0.2, 0.25) is 10.0 Å². The third-order valence-corrected chi connectivity index (χ3v) is 6.43. The van der Waals surface area contributed by atoms with E-state index >= 15 is 0 Å². The number of halogens is 2. The number of nitrogens with zero attached hydrogens (tertiary/aromatic N) is 1. The van der Waals surface area contributed by atoms with Crippen molar-refractivity contribution in [2.24, 2.45) is 0 Å². The highest BCUT2D eigenvalue weighted by Crippen LogP contribution is 2.38. The van der Waals surface area contributed by atoms with E-state index in [-0.39, 0.29) is 10.8 Å². The van der Waals surface area contributed by atoms with Gasteiger partial charge in [-0.25, -0.2) is 8.42 Å². The minimum Gasteiger partial charge on any atom is -0.480 e. The van der Waals surface area contributed by atoms with Gasteiger partial charge in [0.15, 0.2) is 0 Å². The number of carboxylic acids is 1. The number of sulfonamides is 1. The summed E-state index contributed by atoms with van der Waals surface area (Å²) in [6.45, 7) is 0.683. The van der Waals surface area contributed by atoms with Crippen LogP contribution in [0.25, 0.3) is 0 Å². The van der Waals surface area contributed by atoms with Gasteiger partial charge >= 0.3 is 5.97 Å². The second-order valence-electron chi connectivity index (χ2n) is 6.50. The lowest BCUT2D eigenvalue weighted by Gasteiger charge is -2.33. The Hall–Kier alpha value is -1.64. The molecule has 0 radical (unpaired) electrons. The van der Waals surface area contributed by atoms with Gasteiger partial charge in [-0.1, -0.05) is 35.3 Å². The van der Waals surface area contributed by atoms with Crippen molar-refractivity contribution >= 4 is 39.2 Å². The molecule has 6 nitrogen and oxygen atoms in total. The summed E-state index contributed by atoms with van der Waals surface area (Å²) in [6, 6.07) is 10.1. The standard InChI is InChI=1S/C18H18Cl2N2O4S/c1-22-9-15(14-6-12(19)7-17(20)16(14)10-22)11-3-2-4-13(5-11)27(25,26)21-8-18(23)24/h2-7,15,21H,8-10H2,1H3,(H,23,24). The summed E-state index contributed by atoms with van der Waals surface area (Å²) < 4.78 is 26.8. The zero-order chi connectivity index (χ0) is 19.8. The van der Waals surface area contributed by atoms with Gasteiger partial charge in [-0.15, -0.1) is 0 Å². The van der Waals surface area contributed by atoms with Gasteiger partial charge in [-0.2, -0.15) is 4.72 Å². The molecule has 0 aliphatic carbocycles. The zero-order valence-corrected chi connectivity index (χ0v) is 16.8. The highest BCUT2D eigenvalue weighted by Gasteiger charge is 2.28. The molecule has 1 aliphatic heterocycles. The predicted molar refractivity (Wildman–Crippen MR) is 104 cm³/mol. The van der Waals surface area contributed by atoms with Crippen molar-refractivity contribution in [1.82, 2.24) is 9.62 Å². The Morgan fingerprint density at radius 3 is 2.74 bits per heavy atom. The van der Waals surface area contributed by atoms with E-state index in [0.717, 1.165) is 16.7 Å². The molecular formula is C18H18Cl2N2O4S. The Balaban J connectivity index is 2.02. The van der Waals surface area contributed by atoms with Crippen LogP contribution in [0.15, 0.2) is 41.3 Å². The largest absolute Gasteiger partial charge is 0.480 e. The molecule has 1 aliphatic rings. The van der Waals surface area contributed by atoms with E-state index < -0.39 is 22.5 Å². The maximum atomic E-state index is 12.4. The Kier molecular flexibility index (Phi) is 5.79. The van der Waals surface area contributed by atoms with Crippen LogP contribution in [0.4, 0.5) is 0 Å². The Bertz CT molecular complexity index is 995. The number of nitrogens with one attached hydrogen (secondary N) is 1. The molecule has 2 aromatic rings. The lowest BCUT2D eigenvalue weighted by Crippen LogP contribution is -2.32. The number of benzene rings is 2. The normalized spacial score (nSPS) is 17.5. The van der Waals surface area contributed by atoms with E-state index in [1.165, 1.54) is 6.07 Å². The summed E-state index contributed by atoms with van der Waals surface area (Å²) >= 11 is 12.6. The van der Waals surface area contributed by atoms with Crippen molar-refractivity contribution in [3.63, 3.8) is 0 Å². The second kappa shape index (κ2) is 7.77. The van der Waals surface area contributed by atoms with E-state index in [9.17, 15) is 13.2 Å². The molecule has 0 spiro atoms. The van der Waals surface area contributed by atoms with Crippen molar-refractivity contribution in [3.8, 4) is 0 Å². The molecule has 0 bridgehead atoms. The van der Waals surface area contributed by atoms with E-state index in [0.29, 0.717) is 23.1 Å². The second-order valence-corrected chi connectivity index (χ2v) is 9.11. The summed E-state index contributed by atoms with van der Waals surface area (Å²) in [7, 11) is -1.95.